The second kappa shape index (κ2) is 6.15. The number of nitrogens with zero attached hydrogens (tertiary/aromatic N) is 2. The van der Waals surface area contributed by atoms with Crippen LogP contribution in [0.2, 0.25) is 0 Å². The molecule has 0 atom stereocenters. The van der Waals surface area contributed by atoms with Crippen molar-refractivity contribution in [3.05, 3.63) is 47.5 Å². The maximum atomic E-state index is 11.5. The van der Waals surface area contributed by atoms with Crippen LogP contribution in [0.3, 0.4) is 0 Å². The van der Waals surface area contributed by atoms with Crippen LogP contribution in [0.4, 0.5) is 0 Å². The number of aromatic nitrogens is 1. The lowest BCUT2D eigenvalue weighted by atomic mass is 10.1. The van der Waals surface area contributed by atoms with Gasteiger partial charge in [-0.15, -0.1) is 11.8 Å². The Bertz CT molecular complexity index is 923. The number of methoxy groups -OCH3 is 1. The molecule has 0 saturated heterocycles. The number of hydrogen-bond acceptors (Lipinski definition) is 6. The van der Waals surface area contributed by atoms with Gasteiger partial charge in [0.1, 0.15) is 5.52 Å². The van der Waals surface area contributed by atoms with E-state index in [0.29, 0.717) is 28.1 Å². The van der Waals surface area contributed by atoms with Crippen molar-refractivity contribution in [2.45, 2.75) is 4.90 Å². The number of carbonyl (C=O) groups excluding carboxylic acids is 1. The molecule has 2 aromatic carbocycles. The van der Waals surface area contributed by atoms with Gasteiger partial charge in [-0.2, -0.15) is 5.26 Å². The summed E-state index contributed by atoms with van der Waals surface area (Å²) in [5.41, 5.74) is 3.05. The zero-order valence-electron chi connectivity index (χ0n) is 12.5. The van der Waals surface area contributed by atoms with Gasteiger partial charge < -0.3 is 9.15 Å². The maximum absolute atomic E-state index is 11.5. The molecule has 0 unspecified atom stereocenters. The van der Waals surface area contributed by atoms with Crippen LogP contribution in [0.1, 0.15) is 15.9 Å². The minimum Gasteiger partial charge on any atom is -0.465 e. The smallest absolute Gasteiger partial charge is 0.337 e. The number of thioether (sulfide) groups is 1. The van der Waals surface area contributed by atoms with Gasteiger partial charge in [-0.05, 0) is 42.7 Å². The van der Waals surface area contributed by atoms with E-state index in [1.165, 1.54) is 18.9 Å². The zero-order valence-corrected chi connectivity index (χ0v) is 13.3. The van der Waals surface area contributed by atoms with Gasteiger partial charge in [-0.25, -0.2) is 9.78 Å². The third-order valence-corrected chi connectivity index (χ3v) is 4.10. The average molecular weight is 324 g/mol. The highest BCUT2D eigenvalue weighted by Gasteiger charge is 2.14. The van der Waals surface area contributed by atoms with Crippen LogP contribution in [0, 0.1) is 11.3 Å². The summed E-state index contributed by atoms with van der Waals surface area (Å²) < 4.78 is 10.5. The molecule has 0 fully saturated rings. The molecule has 0 amide bonds. The van der Waals surface area contributed by atoms with Gasteiger partial charge in [0.2, 0.25) is 5.89 Å². The number of benzene rings is 2. The Hall–Kier alpha value is -2.78. The summed E-state index contributed by atoms with van der Waals surface area (Å²) in [6.45, 7) is 0. The number of fused-ring (bicyclic) bond motifs is 1. The molecule has 0 radical (unpaired) electrons. The number of rotatable bonds is 3. The van der Waals surface area contributed by atoms with E-state index < -0.39 is 5.97 Å². The maximum Gasteiger partial charge on any atom is 0.337 e. The Morgan fingerprint density at radius 2 is 2.04 bits per heavy atom. The van der Waals surface area contributed by atoms with Gasteiger partial charge in [-0.3, -0.25) is 0 Å². The Kier molecular flexibility index (Phi) is 4.04. The molecular weight excluding hydrogens is 312 g/mol. The van der Waals surface area contributed by atoms with E-state index in [1.807, 2.05) is 6.26 Å². The van der Waals surface area contributed by atoms with E-state index in [2.05, 4.69) is 15.8 Å². The minimum atomic E-state index is -0.391. The van der Waals surface area contributed by atoms with Crippen LogP contribution in [0.15, 0.2) is 45.7 Å². The van der Waals surface area contributed by atoms with Crippen molar-refractivity contribution in [3.8, 4) is 17.5 Å². The Labute approximate surface area is 136 Å². The Balaban J connectivity index is 2.07. The van der Waals surface area contributed by atoms with Gasteiger partial charge >= 0.3 is 5.97 Å². The molecule has 1 heterocycles. The first-order chi connectivity index (χ1) is 11.2. The molecule has 23 heavy (non-hydrogen) atoms. The lowest BCUT2D eigenvalue weighted by Gasteiger charge is -2.00. The second-order valence-electron chi connectivity index (χ2n) is 4.73. The predicted molar refractivity (Wildman–Crippen MR) is 87.3 cm³/mol. The van der Waals surface area contributed by atoms with Crippen molar-refractivity contribution in [1.82, 2.24) is 4.98 Å². The highest BCUT2D eigenvalue weighted by molar-refractivity contribution is 7.98. The van der Waals surface area contributed by atoms with Crippen LogP contribution in [-0.4, -0.2) is 24.3 Å². The number of oxazole rings is 1. The Morgan fingerprint density at radius 1 is 1.30 bits per heavy atom. The van der Waals surface area contributed by atoms with Crippen LogP contribution in [-0.2, 0) is 4.74 Å². The van der Waals surface area contributed by atoms with E-state index in [0.717, 1.165) is 10.5 Å². The van der Waals surface area contributed by atoms with Crippen LogP contribution in [0.5, 0.6) is 0 Å². The summed E-state index contributed by atoms with van der Waals surface area (Å²) in [7, 11) is 1.34. The van der Waals surface area contributed by atoms with E-state index >= 15 is 0 Å². The van der Waals surface area contributed by atoms with Crippen molar-refractivity contribution in [3.63, 3.8) is 0 Å². The van der Waals surface area contributed by atoms with Crippen LogP contribution >= 0.6 is 11.8 Å². The quantitative estimate of drug-likeness (QED) is 0.537. The van der Waals surface area contributed by atoms with Gasteiger partial charge in [0.15, 0.2) is 5.58 Å². The number of carbonyl (C=O) groups is 1. The summed E-state index contributed by atoms with van der Waals surface area (Å²) in [5, 5.41) is 9.09. The van der Waals surface area contributed by atoms with Crippen molar-refractivity contribution in [2.75, 3.05) is 13.4 Å². The molecular formula is C17H12N2O3S. The first kappa shape index (κ1) is 15.1. The van der Waals surface area contributed by atoms with Crippen molar-refractivity contribution < 1.29 is 13.9 Å². The monoisotopic (exact) mass is 324 g/mol. The lowest BCUT2D eigenvalue weighted by molar-refractivity contribution is 0.0600. The summed E-state index contributed by atoms with van der Waals surface area (Å²) in [6, 6.07) is 12.4. The van der Waals surface area contributed by atoms with Gasteiger partial charge in [0.05, 0.1) is 29.2 Å². The van der Waals surface area contributed by atoms with Gasteiger partial charge in [0.25, 0.3) is 0 Å². The highest BCUT2D eigenvalue weighted by Crippen LogP contribution is 2.32. The largest absolute Gasteiger partial charge is 0.465 e. The number of esters is 1. The summed E-state index contributed by atoms with van der Waals surface area (Å²) in [4.78, 5) is 16.8. The molecule has 3 aromatic rings. The second-order valence-corrected chi connectivity index (χ2v) is 5.57. The van der Waals surface area contributed by atoms with E-state index in [9.17, 15) is 4.79 Å². The molecule has 3 rings (SSSR count). The van der Waals surface area contributed by atoms with Gasteiger partial charge in [0, 0.05) is 5.56 Å². The third-order valence-electron chi connectivity index (χ3n) is 3.36. The molecule has 0 N–H and O–H groups in total. The molecule has 5 nitrogen and oxygen atoms in total. The summed E-state index contributed by atoms with van der Waals surface area (Å²) in [6.07, 6.45) is 1.92. The number of nitriles is 1. The van der Waals surface area contributed by atoms with Crippen LogP contribution < -0.4 is 0 Å². The number of ether oxygens (including phenoxy) is 1. The fourth-order valence-corrected chi connectivity index (χ4v) is 2.78. The molecule has 0 spiro atoms. The first-order valence-corrected chi connectivity index (χ1v) is 7.96. The molecule has 0 aliphatic carbocycles. The van der Waals surface area contributed by atoms with E-state index in [-0.39, 0.29) is 0 Å². The molecule has 0 saturated carbocycles. The van der Waals surface area contributed by atoms with Crippen molar-refractivity contribution >= 4 is 28.8 Å². The first-order valence-electron chi connectivity index (χ1n) is 6.73. The molecule has 6 heteroatoms. The highest BCUT2D eigenvalue weighted by atomic mass is 32.2. The average Bonchev–Trinajstić information content (AvgIpc) is 3.04. The van der Waals surface area contributed by atoms with E-state index in [4.69, 9.17) is 9.68 Å². The van der Waals surface area contributed by atoms with Crippen molar-refractivity contribution in [2.24, 2.45) is 0 Å². The van der Waals surface area contributed by atoms with Crippen molar-refractivity contribution in [1.29, 1.82) is 5.26 Å². The molecule has 0 bridgehead atoms. The minimum absolute atomic E-state index is 0.391. The SMILES string of the molecule is COC(=O)c1ccc(-c2nc3cc(C#N)cc(SC)c3o2)cc1. The Morgan fingerprint density at radius 3 is 2.65 bits per heavy atom. The van der Waals surface area contributed by atoms with Gasteiger partial charge in [-0.1, -0.05) is 0 Å². The van der Waals surface area contributed by atoms with Crippen LogP contribution in [0.25, 0.3) is 22.6 Å². The molecule has 0 aliphatic rings. The topological polar surface area (TPSA) is 76.1 Å². The predicted octanol–water partition coefficient (Wildman–Crippen LogP) is 3.87. The fourth-order valence-electron chi connectivity index (χ4n) is 2.21. The molecule has 0 aliphatic heterocycles. The summed E-state index contributed by atoms with van der Waals surface area (Å²) >= 11 is 1.50. The molecule has 1 aromatic heterocycles. The fraction of sp³-hybridized carbons (Fsp3) is 0.118. The standard InChI is InChI=1S/C17H12N2O3S/c1-21-17(20)12-5-3-11(4-6-12)16-19-13-7-10(9-18)8-14(23-2)15(13)22-16/h3-8H,1-2H3. The van der Waals surface area contributed by atoms with E-state index in [1.54, 1.807) is 36.4 Å². The normalized spacial score (nSPS) is 10.5. The zero-order chi connectivity index (χ0) is 16.4. The number of hydrogen-bond donors (Lipinski definition) is 0. The molecule has 114 valence electrons. The third kappa shape index (κ3) is 2.79. The summed E-state index contributed by atoms with van der Waals surface area (Å²) in [5.74, 6) is 0.0549. The lowest BCUT2D eigenvalue weighted by Crippen LogP contribution is -2.00.